The van der Waals surface area contributed by atoms with Crippen molar-refractivity contribution in [3.05, 3.63) is 235 Å². The first kappa shape index (κ1) is 45.8. The molecule has 0 radical (unpaired) electrons. The predicted octanol–water partition coefficient (Wildman–Crippen LogP) is 11.0. The molecular weight excluding hydrogens is 932 g/mol. The summed E-state index contributed by atoms with van der Waals surface area (Å²) >= 11 is 19.6. The van der Waals surface area contributed by atoms with Crippen LogP contribution in [-0.2, 0) is 38.7 Å². The molecule has 10 rings (SSSR count). The van der Waals surface area contributed by atoms with Crippen LogP contribution in [0.1, 0.15) is 33.6 Å². The summed E-state index contributed by atoms with van der Waals surface area (Å²) in [6, 6.07) is 32.3. The number of imidazole rings is 2. The van der Waals surface area contributed by atoms with E-state index in [2.05, 4.69) is 19.9 Å². The summed E-state index contributed by atoms with van der Waals surface area (Å²) in [5.74, 6) is -0.829. The largest absolute Gasteiger partial charge is 0.336 e. The first-order valence-corrected chi connectivity index (χ1v) is 22.1. The number of hydrogen-bond acceptors (Lipinski definition) is 6. The lowest BCUT2D eigenvalue weighted by atomic mass is 9.85. The maximum absolute atomic E-state index is 17.2. The third-order valence-corrected chi connectivity index (χ3v) is 13.2. The van der Waals surface area contributed by atoms with Crippen LogP contribution in [0.15, 0.2) is 168 Å². The number of hydrogen-bond donors (Lipinski definition) is 0. The normalized spacial score (nSPS) is 13.2. The van der Waals surface area contributed by atoms with Gasteiger partial charge in [0, 0.05) is 84.7 Å². The number of benzene rings is 4. The van der Waals surface area contributed by atoms with Gasteiger partial charge in [-0.15, -0.1) is 11.6 Å². The topological polar surface area (TPSA) is 105 Å². The van der Waals surface area contributed by atoms with Gasteiger partial charge in [0.15, 0.2) is 0 Å². The molecule has 0 amide bonds. The predicted molar refractivity (Wildman–Crippen MR) is 261 cm³/mol. The minimum atomic E-state index is -2.12. The van der Waals surface area contributed by atoms with Crippen molar-refractivity contribution in [2.45, 2.75) is 10.5 Å². The Balaban J connectivity index is 0.000000170. The molecule has 0 fully saturated rings. The molecule has 0 aliphatic carbocycles. The molecule has 340 valence electrons. The first-order valence-electron chi connectivity index (χ1n) is 20.9. The van der Waals surface area contributed by atoms with Crippen LogP contribution in [0.25, 0.3) is 44.3 Å². The van der Waals surface area contributed by atoms with Crippen LogP contribution < -0.4 is 11.1 Å². The molecule has 0 saturated heterocycles. The highest BCUT2D eigenvalue weighted by Gasteiger charge is 2.40. The Kier molecular flexibility index (Phi) is 12.2. The average molecular weight is 970 g/mol. The van der Waals surface area contributed by atoms with E-state index in [0.717, 1.165) is 11.3 Å². The Morgan fingerprint density at radius 2 is 0.956 bits per heavy atom. The molecule has 4 aromatic carbocycles. The number of rotatable bonds is 8. The van der Waals surface area contributed by atoms with Gasteiger partial charge >= 0.3 is 0 Å². The van der Waals surface area contributed by atoms with Crippen molar-refractivity contribution in [3.63, 3.8) is 0 Å². The maximum atomic E-state index is 17.2. The fourth-order valence-corrected chi connectivity index (χ4v) is 9.14. The molecule has 10 nitrogen and oxygen atoms in total. The number of aryl methyl sites for hydroxylation is 4. The number of alkyl halides is 2. The third-order valence-electron chi connectivity index (χ3n) is 12.0. The lowest BCUT2D eigenvalue weighted by molar-refractivity contribution is 0.266. The number of pyridine rings is 4. The molecule has 68 heavy (non-hydrogen) atoms. The van der Waals surface area contributed by atoms with Gasteiger partial charge in [-0.2, -0.15) is 0 Å². The van der Waals surface area contributed by atoms with E-state index in [-0.39, 0.29) is 16.7 Å². The third kappa shape index (κ3) is 8.16. The van der Waals surface area contributed by atoms with Crippen LogP contribution in [0.2, 0.25) is 10.0 Å². The van der Waals surface area contributed by atoms with Gasteiger partial charge < -0.3 is 9.13 Å². The number of aromatic nitrogens is 8. The maximum Gasteiger partial charge on any atom is 0.252 e. The fraction of sp³-hybridized carbons (Fsp3) is 0.115. The molecule has 0 bridgehead atoms. The molecule has 16 heteroatoms. The van der Waals surface area contributed by atoms with Crippen molar-refractivity contribution >= 4 is 56.9 Å². The molecule has 0 aliphatic heterocycles. The monoisotopic (exact) mass is 968 g/mol. The van der Waals surface area contributed by atoms with E-state index in [1.807, 2.05) is 29.8 Å². The summed E-state index contributed by atoms with van der Waals surface area (Å²) in [5.41, 5.74) is 3.35. The summed E-state index contributed by atoms with van der Waals surface area (Å²) in [7, 11) is 6.82. The standard InChI is InChI=1S/C26H19Cl2FN4O.C26H19ClF2N4O/c1-32-15-30-14-23(32)26(28,17-6-8-19(27)9-7-17)18-11-22-21(16-4-3-5-20(29)10-16)12-24(34)33(2)25(22)31-13-18;1-32-15-30-14-23(32)26(29,17-6-8-19(27)9-7-17)18-11-22-21(16-4-3-5-20(28)10-16)12-24(34)33(2)25(22)31-13-18/h2*3-15H,1-2H3/t2*26-/m11/s1. The fourth-order valence-electron chi connectivity index (χ4n) is 8.48. The Hall–Kier alpha value is -7.32. The molecule has 0 aliphatic rings. The summed E-state index contributed by atoms with van der Waals surface area (Å²) in [4.78, 5) is 41.6. The Bertz CT molecular complexity index is 3430. The van der Waals surface area contributed by atoms with E-state index >= 15 is 4.39 Å². The van der Waals surface area contributed by atoms with Gasteiger partial charge in [0.1, 0.15) is 27.8 Å². The second-order valence-electron chi connectivity index (χ2n) is 16.2. The van der Waals surface area contributed by atoms with Crippen LogP contribution in [0, 0.1) is 11.6 Å². The van der Waals surface area contributed by atoms with Gasteiger partial charge in [-0.1, -0.05) is 71.7 Å². The minimum Gasteiger partial charge on any atom is -0.336 e. The van der Waals surface area contributed by atoms with Crippen LogP contribution in [-0.4, -0.2) is 38.2 Å². The van der Waals surface area contributed by atoms with Crippen molar-refractivity contribution in [1.29, 1.82) is 0 Å². The number of nitrogens with zero attached hydrogens (tertiary/aromatic N) is 8. The highest BCUT2D eigenvalue weighted by atomic mass is 35.5. The highest BCUT2D eigenvalue weighted by molar-refractivity contribution is 6.31. The smallest absolute Gasteiger partial charge is 0.252 e. The quantitative estimate of drug-likeness (QED) is 0.140. The molecular formula is C52H38Cl3F3N8O2. The molecule has 0 N–H and O–H groups in total. The SMILES string of the molecule is Cn1cncc1[C@@](Cl)(c1ccc(Cl)cc1)c1cnc2c(c1)c(-c1cccc(F)c1)cc(=O)n2C.Cn1cncc1[C@@](F)(c1ccc(Cl)cc1)c1cnc2c(c1)c(-c1cccc(F)c1)cc(=O)n2C. The zero-order valence-electron chi connectivity index (χ0n) is 36.7. The molecule has 10 aromatic rings. The zero-order chi connectivity index (χ0) is 48.1. The van der Waals surface area contributed by atoms with E-state index in [1.54, 1.807) is 111 Å². The van der Waals surface area contributed by atoms with Crippen molar-refractivity contribution in [1.82, 2.24) is 38.2 Å². The second-order valence-corrected chi connectivity index (χ2v) is 17.7. The average Bonchev–Trinajstić information content (AvgIpc) is 3.99. The summed E-state index contributed by atoms with van der Waals surface area (Å²) in [6.45, 7) is 0. The van der Waals surface area contributed by atoms with E-state index in [4.69, 9.17) is 34.8 Å². The van der Waals surface area contributed by atoms with Gasteiger partial charge in [0.25, 0.3) is 11.1 Å². The first-order chi connectivity index (χ1) is 32.6. The van der Waals surface area contributed by atoms with Gasteiger partial charge in [0.2, 0.25) is 5.67 Å². The minimum absolute atomic E-state index is 0.238. The van der Waals surface area contributed by atoms with Crippen molar-refractivity contribution in [3.8, 4) is 22.3 Å². The Labute approximate surface area is 402 Å². The van der Waals surface area contributed by atoms with Crippen LogP contribution in [0.5, 0.6) is 0 Å². The van der Waals surface area contributed by atoms with E-state index in [9.17, 15) is 18.4 Å². The lowest BCUT2D eigenvalue weighted by Crippen LogP contribution is -2.27. The van der Waals surface area contributed by atoms with Gasteiger partial charge in [-0.25, -0.2) is 33.1 Å². The second kappa shape index (κ2) is 18.1. The van der Waals surface area contributed by atoms with E-state index in [0.29, 0.717) is 71.2 Å². The lowest BCUT2D eigenvalue weighted by Gasteiger charge is -2.29. The summed E-state index contributed by atoms with van der Waals surface area (Å²) in [6.07, 6.45) is 9.45. The van der Waals surface area contributed by atoms with Gasteiger partial charge in [-0.3, -0.25) is 18.7 Å². The number of halogens is 6. The number of fused-ring (bicyclic) bond motifs is 2. The van der Waals surface area contributed by atoms with E-state index in [1.165, 1.54) is 64.3 Å². The van der Waals surface area contributed by atoms with Crippen molar-refractivity contribution < 1.29 is 13.2 Å². The molecule has 6 heterocycles. The summed E-state index contributed by atoms with van der Waals surface area (Å²) in [5, 5.41) is 2.26. The zero-order valence-corrected chi connectivity index (χ0v) is 38.9. The van der Waals surface area contributed by atoms with Crippen LogP contribution >= 0.6 is 34.8 Å². The van der Waals surface area contributed by atoms with Crippen molar-refractivity contribution in [2.75, 3.05) is 0 Å². The molecule has 0 saturated carbocycles. The van der Waals surface area contributed by atoms with Gasteiger partial charge in [0.05, 0.1) is 36.4 Å². The molecule has 0 spiro atoms. The van der Waals surface area contributed by atoms with Crippen LogP contribution in [0.3, 0.4) is 0 Å². The Morgan fingerprint density at radius 1 is 0.515 bits per heavy atom. The van der Waals surface area contributed by atoms with Crippen LogP contribution in [0.4, 0.5) is 13.2 Å². The van der Waals surface area contributed by atoms with E-state index < -0.39 is 22.2 Å². The van der Waals surface area contributed by atoms with Crippen molar-refractivity contribution in [2.24, 2.45) is 28.2 Å². The molecule has 0 unspecified atom stereocenters. The highest BCUT2D eigenvalue weighted by Crippen LogP contribution is 2.45. The summed E-state index contributed by atoms with van der Waals surface area (Å²) < 4.78 is 51.6. The molecule has 6 aromatic heterocycles. The van der Waals surface area contributed by atoms with Gasteiger partial charge in [-0.05, 0) is 94.0 Å². The molecule has 2 atom stereocenters. The Morgan fingerprint density at radius 3 is 1.41 bits per heavy atom.